The van der Waals surface area contributed by atoms with Crippen LogP contribution in [0.2, 0.25) is 0 Å². The van der Waals surface area contributed by atoms with Gasteiger partial charge in [0, 0.05) is 13.1 Å². The van der Waals surface area contributed by atoms with E-state index in [2.05, 4.69) is 44.8 Å². The molecule has 0 spiro atoms. The van der Waals surface area contributed by atoms with E-state index in [-0.39, 0.29) is 11.5 Å². The molecule has 1 aromatic carbocycles. The summed E-state index contributed by atoms with van der Waals surface area (Å²) in [6.45, 7) is 6.34. The maximum absolute atomic E-state index is 11.6. The lowest BCUT2D eigenvalue weighted by Crippen LogP contribution is -2.23. The average molecular weight is 371 g/mol. The normalized spacial score (nSPS) is 10.3. The predicted octanol–water partition coefficient (Wildman–Crippen LogP) is 1.56. The molecule has 8 heteroatoms. The number of aliphatic imine (C=N–C) groups is 1. The molecule has 0 aliphatic heterocycles. The van der Waals surface area contributed by atoms with Gasteiger partial charge < -0.3 is 16.8 Å². The van der Waals surface area contributed by atoms with Crippen molar-refractivity contribution in [1.82, 2.24) is 20.7 Å². The van der Waals surface area contributed by atoms with E-state index >= 15 is 0 Å². The Morgan fingerprint density at radius 1 is 1.30 bits per heavy atom. The van der Waals surface area contributed by atoms with Crippen molar-refractivity contribution in [3.05, 3.63) is 58.5 Å². The van der Waals surface area contributed by atoms with Crippen LogP contribution in [-0.4, -0.2) is 34.5 Å². The zero-order valence-electron chi connectivity index (χ0n) is 16.0. The molecule has 0 bridgehead atoms. The Labute approximate surface area is 159 Å². The summed E-state index contributed by atoms with van der Waals surface area (Å²) in [5, 5.41) is 12.8. The highest BCUT2D eigenvalue weighted by atomic mass is 16.1. The van der Waals surface area contributed by atoms with E-state index in [4.69, 9.17) is 11.5 Å². The monoisotopic (exact) mass is 371 g/mol. The molecule has 1 heterocycles. The SMILES string of the molecule is C/C=C\CC.NC(N)=NCCCNCc1ccc(-c2cnn[nH]c2=O)cc1. The molecule has 146 valence electrons. The largest absolute Gasteiger partial charge is 0.370 e. The minimum atomic E-state index is -0.249. The first kappa shape index (κ1) is 22.0. The molecular weight excluding hydrogens is 342 g/mol. The highest BCUT2D eigenvalue weighted by molar-refractivity contribution is 5.75. The van der Waals surface area contributed by atoms with Crippen LogP contribution in [0.1, 0.15) is 32.3 Å². The lowest BCUT2D eigenvalue weighted by Gasteiger charge is -2.05. The van der Waals surface area contributed by atoms with Gasteiger partial charge in [-0.15, -0.1) is 5.10 Å². The molecule has 8 nitrogen and oxygen atoms in total. The highest BCUT2D eigenvalue weighted by Gasteiger charge is 2.03. The van der Waals surface area contributed by atoms with Crippen molar-refractivity contribution in [2.24, 2.45) is 16.5 Å². The maximum atomic E-state index is 11.6. The summed E-state index contributed by atoms with van der Waals surface area (Å²) in [6.07, 6.45) is 7.67. The lowest BCUT2D eigenvalue weighted by atomic mass is 10.1. The van der Waals surface area contributed by atoms with Crippen LogP contribution in [0.4, 0.5) is 0 Å². The summed E-state index contributed by atoms with van der Waals surface area (Å²) >= 11 is 0. The van der Waals surface area contributed by atoms with E-state index in [1.54, 1.807) is 0 Å². The van der Waals surface area contributed by atoms with Gasteiger partial charge in [-0.3, -0.25) is 9.79 Å². The molecule has 0 radical (unpaired) electrons. The Morgan fingerprint density at radius 2 is 2.04 bits per heavy atom. The smallest absolute Gasteiger partial charge is 0.274 e. The van der Waals surface area contributed by atoms with E-state index in [1.165, 1.54) is 6.20 Å². The number of nitrogens with zero attached hydrogens (tertiary/aromatic N) is 3. The van der Waals surface area contributed by atoms with Gasteiger partial charge in [0.05, 0.1) is 11.8 Å². The molecule has 6 N–H and O–H groups in total. The third kappa shape index (κ3) is 9.31. The van der Waals surface area contributed by atoms with Crippen molar-refractivity contribution in [3.8, 4) is 11.1 Å². The number of benzene rings is 1. The van der Waals surface area contributed by atoms with Crippen LogP contribution >= 0.6 is 0 Å². The topological polar surface area (TPSA) is 135 Å². The van der Waals surface area contributed by atoms with Gasteiger partial charge in [0.15, 0.2) is 5.96 Å². The summed E-state index contributed by atoms with van der Waals surface area (Å²) in [6, 6.07) is 7.72. The molecule has 1 aromatic heterocycles. The number of guanidine groups is 1. The zero-order valence-corrected chi connectivity index (χ0v) is 16.0. The van der Waals surface area contributed by atoms with Crippen molar-refractivity contribution in [2.45, 2.75) is 33.2 Å². The number of hydrogen-bond donors (Lipinski definition) is 4. The summed E-state index contributed by atoms with van der Waals surface area (Å²) in [5.41, 5.74) is 12.7. The van der Waals surface area contributed by atoms with Crippen molar-refractivity contribution in [3.63, 3.8) is 0 Å². The minimum absolute atomic E-state index is 0.121. The van der Waals surface area contributed by atoms with Crippen molar-refractivity contribution in [2.75, 3.05) is 13.1 Å². The Balaban J connectivity index is 0.000000646. The molecule has 0 saturated carbocycles. The van der Waals surface area contributed by atoms with Crippen LogP contribution < -0.4 is 22.3 Å². The fourth-order valence-corrected chi connectivity index (χ4v) is 2.17. The molecule has 27 heavy (non-hydrogen) atoms. The number of aromatic amines is 1. The second-order valence-electron chi connectivity index (χ2n) is 5.71. The summed E-state index contributed by atoms with van der Waals surface area (Å²) in [5.74, 6) is 0.121. The van der Waals surface area contributed by atoms with E-state index in [0.717, 1.165) is 37.1 Å². The van der Waals surface area contributed by atoms with Crippen LogP contribution in [0.25, 0.3) is 11.1 Å². The predicted molar refractivity (Wildman–Crippen MR) is 110 cm³/mol. The number of allylic oxidation sites excluding steroid dienone is 2. The van der Waals surface area contributed by atoms with Gasteiger partial charge in [-0.25, -0.2) is 5.10 Å². The van der Waals surface area contributed by atoms with E-state index in [1.807, 2.05) is 31.2 Å². The van der Waals surface area contributed by atoms with Gasteiger partial charge in [0.1, 0.15) is 0 Å². The van der Waals surface area contributed by atoms with Gasteiger partial charge in [-0.1, -0.05) is 48.6 Å². The van der Waals surface area contributed by atoms with Crippen molar-refractivity contribution in [1.29, 1.82) is 0 Å². The van der Waals surface area contributed by atoms with Crippen LogP contribution in [-0.2, 0) is 6.54 Å². The Morgan fingerprint density at radius 3 is 2.59 bits per heavy atom. The second kappa shape index (κ2) is 13.2. The standard InChI is InChI=1S/C14H19N7O.C5H10/c15-14(16)18-7-1-6-17-8-10-2-4-11(5-3-10)12-9-19-21-20-13(12)22;1-3-5-4-2/h2-5,9,17H,1,6-8H2,(H4,15,16,18)(H,19,20,22);3,5H,4H2,1-2H3/b;5-3-. The second-order valence-corrected chi connectivity index (χ2v) is 5.71. The van der Waals surface area contributed by atoms with Crippen LogP contribution in [0.5, 0.6) is 0 Å². The Hall–Kier alpha value is -3.00. The average Bonchev–Trinajstić information content (AvgIpc) is 2.66. The molecule has 0 atom stereocenters. The van der Waals surface area contributed by atoms with Gasteiger partial charge >= 0.3 is 0 Å². The first-order valence-electron chi connectivity index (χ1n) is 8.95. The Kier molecular flexibility index (Phi) is 10.8. The molecule has 2 rings (SSSR count). The van der Waals surface area contributed by atoms with Crippen molar-refractivity contribution < 1.29 is 0 Å². The van der Waals surface area contributed by atoms with E-state index in [0.29, 0.717) is 12.1 Å². The molecule has 0 saturated heterocycles. The maximum Gasteiger partial charge on any atom is 0.274 e. The van der Waals surface area contributed by atoms with Crippen LogP contribution in [0.3, 0.4) is 0 Å². The number of nitrogens with one attached hydrogen (secondary N) is 2. The highest BCUT2D eigenvalue weighted by Crippen LogP contribution is 2.14. The summed E-state index contributed by atoms with van der Waals surface area (Å²) in [4.78, 5) is 15.5. The molecule has 0 aliphatic rings. The van der Waals surface area contributed by atoms with E-state index < -0.39 is 0 Å². The van der Waals surface area contributed by atoms with Crippen LogP contribution in [0.15, 0.2) is 52.4 Å². The van der Waals surface area contributed by atoms with Crippen molar-refractivity contribution >= 4 is 5.96 Å². The molecule has 0 aliphatic carbocycles. The lowest BCUT2D eigenvalue weighted by molar-refractivity contribution is 0.655. The quantitative estimate of drug-likeness (QED) is 0.241. The molecule has 0 unspecified atom stereocenters. The zero-order chi connectivity index (χ0) is 19.9. The van der Waals surface area contributed by atoms with E-state index in [9.17, 15) is 4.79 Å². The fourth-order valence-electron chi connectivity index (χ4n) is 2.17. The number of aromatic nitrogens is 3. The molecule has 0 fully saturated rings. The fraction of sp³-hybridized carbons (Fsp3) is 0.368. The number of H-pyrrole nitrogens is 1. The first-order valence-corrected chi connectivity index (χ1v) is 8.95. The van der Waals surface area contributed by atoms with Gasteiger partial charge in [-0.05, 0) is 37.4 Å². The number of rotatable bonds is 8. The number of nitrogens with two attached hydrogens (primary N) is 2. The van der Waals surface area contributed by atoms with Gasteiger partial charge in [-0.2, -0.15) is 0 Å². The van der Waals surface area contributed by atoms with Gasteiger partial charge in [0.2, 0.25) is 0 Å². The van der Waals surface area contributed by atoms with Crippen LogP contribution in [0, 0.1) is 0 Å². The minimum Gasteiger partial charge on any atom is -0.370 e. The summed E-state index contributed by atoms with van der Waals surface area (Å²) < 4.78 is 0. The molecular formula is C19H29N7O. The third-order valence-corrected chi connectivity index (χ3v) is 3.51. The third-order valence-electron chi connectivity index (χ3n) is 3.51. The Bertz CT molecular complexity index is 762. The number of hydrogen-bond acceptors (Lipinski definition) is 5. The first-order chi connectivity index (χ1) is 13.1. The molecule has 2 aromatic rings. The molecule has 0 amide bonds. The summed E-state index contributed by atoms with van der Waals surface area (Å²) in [7, 11) is 0. The van der Waals surface area contributed by atoms with Gasteiger partial charge in [0.25, 0.3) is 5.56 Å².